The first-order chi connectivity index (χ1) is 39.7. The van der Waals surface area contributed by atoms with Crippen molar-refractivity contribution in [2.75, 3.05) is 13.2 Å². The minimum atomic E-state index is -1.61. The van der Waals surface area contributed by atoms with E-state index in [1.807, 2.05) is 6.08 Å². The number of esters is 1. The summed E-state index contributed by atoms with van der Waals surface area (Å²) in [5.41, 5.74) is 0. The second-order valence-electron chi connectivity index (χ2n) is 23.6. The average Bonchev–Trinajstić information content (AvgIpc) is 3.51. The van der Waals surface area contributed by atoms with E-state index in [2.05, 4.69) is 74.7 Å². The minimum Gasteiger partial charge on any atom is -0.454 e. The van der Waals surface area contributed by atoms with Crippen LogP contribution in [0.2, 0.25) is 0 Å². The molecule has 0 radical (unpaired) electrons. The van der Waals surface area contributed by atoms with E-state index in [1.165, 1.54) is 180 Å². The molecule has 1 amide bonds. The van der Waals surface area contributed by atoms with E-state index >= 15 is 0 Å². The molecule has 0 aromatic heterocycles. The Labute approximate surface area is 497 Å². The zero-order chi connectivity index (χ0) is 58.9. The van der Waals surface area contributed by atoms with Gasteiger partial charge in [-0.1, -0.05) is 274 Å². The second kappa shape index (κ2) is 57.8. The fourth-order valence-electron chi connectivity index (χ4n) is 10.5. The topological polar surface area (TPSA) is 175 Å². The molecular weight excluding hydrogens is 1010 g/mol. The molecule has 8 atom stereocenters. The van der Waals surface area contributed by atoms with Gasteiger partial charge in [0.15, 0.2) is 12.4 Å². The van der Waals surface area contributed by atoms with Crippen LogP contribution in [0.25, 0.3) is 0 Å². The predicted octanol–water partition coefficient (Wildman–Crippen LogP) is 17.0. The standard InChI is InChI=1S/C70H127NO10/c1-4-7-10-13-16-19-22-24-26-27-28-29-30-31-32-33-34-35-36-38-39-42-45-48-51-54-57-63(74)69(78)71-61(62(73)56-53-50-47-44-41-21-18-15-12-9-6-3)60-79-70-68(67(77)66(76)64(59-72)80-70)81-65(75)58-55-52-49-46-43-40-37-25-23-20-17-14-11-8-5-2/h16,19-20,23-24,26,28-29,53,56,61-64,66-68,70,72-74,76-77H,4-15,17-18,21-22,25,27,30-52,54-55,57-60H2,1-3H3,(H,71,78)/b19-16-,23-20-,26-24-,29-28-,56-53+. The van der Waals surface area contributed by atoms with Gasteiger partial charge in [-0.25, -0.2) is 0 Å². The molecule has 1 rings (SSSR count). The first-order valence-corrected chi connectivity index (χ1v) is 34.1. The number of allylic oxidation sites excluding steroid dienone is 9. The Morgan fingerprint density at radius 1 is 0.481 bits per heavy atom. The van der Waals surface area contributed by atoms with Gasteiger partial charge in [-0.15, -0.1) is 0 Å². The van der Waals surface area contributed by atoms with Crippen LogP contribution in [-0.4, -0.2) is 99.6 Å². The maximum absolute atomic E-state index is 13.5. The van der Waals surface area contributed by atoms with Crippen molar-refractivity contribution in [1.82, 2.24) is 5.32 Å². The second-order valence-corrected chi connectivity index (χ2v) is 23.6. The van der Waals surface area contributed by atoms with Gasteiger partial charge in [0.05, 0.1) is 25.4 Å². The molecule has 0 spiro atoms. The molecule has 81 heavy (non-hydrogen) atoms. The largest absolute Gasteiger partial charge is 0.454 e. The van der Waals surface area contributed by atoms with Gasteiger partial charge in [0, 0.05) is 6.42 Å². The van der Waals surface area contributed by atoms with Crippen LogP contribution < -0.4 is 5.32 Å². The summed E-state index contributed by atoms with van der Waals surface area (Å²) in [6.45, 7) is 5.76. The molecule has 0 bridgehead atoms. The number of hydrogen-bond donors (Lipinski definition) is 6. The van der Waals surface area contributed by atoms with Crippen LogP contribution in [0.1, 0.15) is 310 Å². The highest BCUT2D eigenvalue weighted by Gasteiger charge is 2.47. The van der Waals surface area contributed by atoms with Crippen LogP contribution in [0.15, 0.2) is 60.8 Å². The van der Waals surface area contributed by atoms with Gasteiger partial charge >= 0.3 is 5.97 Å². The Balaban J connectivity index is 2.56. The van der Waals surface area contributed by atoms with Crippen molar-refractivity contribution in [2.45, 2.75) is 359 Å². The maximum Gasteiger partial charge on any atom is 0.306 e. The fraction of sp³-hybridized carbons (Fsp3) is 0.829. The highest BCUT2D eigenvalue weighted by Crippen LogP contribution is 2.26. The molecule has 472 valence electrons. The summed E-state index contributed by atoms with van der Waals surface area (Å²) < 4.78 is 17.6. The van der Waals surface area contributed by atoms with E-state index in [0.717, 1.165) is 83.5 Å². The van der Waals surface area contributed by atoms with Crippen molar-refractivity contribution in [2.24, 2.45) is 0 Å². The average molecular weight is 1140 g/mol. The molecule has 6 N–H and O–H groups in total. The van der Waals surface area contributed by atoms with Crippen molar-refractivity contribution < 1.29 is 49.3 Å². The van der Waals surface area contributed by atoms with Crippen molar-refractivity contribution in [1.29, 1.82) is 0 Å². The Bertz CT molecular complexity index is 1550. The van der Waals surface area contributed by atoms with Crippen LogP contribution in [0.3, 0.4) is 0 Å². The number of carbonyl (C=O) groups is 2. The monoisotopic (exact) mass is 1140 g/mol. The van der Waals surface area contributed by atoms with Crippen molar-refractivity contribution in [3.8, 4) is 0 Å². The summed E-state index contributed by atoms with van der Waals surface area (Å²) in [6, 6.07) is -1.03. The lowest BCUT2D eigenvalue weighted by Gasteiger charge is -2.41. The van der Waals surface area contributed by atoms with Crippen LogP contribution in [-0.2, 0) is 23.8 Å². The minimum absolute atomic E-state index is 0.119. The highest BCUT2D eigenvalue weighted by atomic mass is 16.7. The molecule has 8 unspecified atom stereocenters. The Kier molecular flexibility index (Phi) is 54.5. The number of amides is 1. The lowest BCUT2D eigenvalue weighted by Crippen LogP contribution is -2.61. The summed E-state index contributed by atoms with van der Waals surface area (Å²) in [6.07, 6.45) is 62.7. The van der Waals surface area contributed by atoms with Crippen LogP contribution >= 0.6 is 0 Å². The molecule has 11 nitrogen and oxygen atoms in total. The SMILES string of the molecule is CCCCC/C=C\C/C=C\C/C=C\CCCCCCCCCCCCCCCC(O)C(=O)NC(COC1OC(CO)C(O)C(O)C1OC(=O)CCCCCCCCC/C=C\CCCCCC)C(O)/C=C/CCCCCCCCCCC. The lowest BCUT2D eigenvalue weighted by molar-refractivity contribution is -0.305. The van der Waals surface area contributed by atoms with Gasteiger partial charge in [0.25, 0.3) is 0 Å². The van der Waals surface area contributed by atoms with E-state index in [0.29, 0.717) is 12.8 Å². The number of carbonyl (C=O) groups excluding carboxylic acids is 2. The molecule has 1 heterocycles. The predicted molar refractivity (Wildman–Crippen MR) is 338 cm³/mol. The summed E-state index contributed by atoms with van der Waals surface area (Å²) >= 11 is 0. The normalized spacial score (nSPS) is 19.0. The summed E-state index contributed by atoms with van der Waals surface area (Å²) in [7, 11) is 0. The number of rotatable bonds is 58. The number of hydrogen-bond acceptors (Lipinski definition) is 10. The molecule has 1 aliphatic rings. The zero-order valence-corrected chi connectivity index (χ0v) is 52.4. The summed E-state index contributed by atoms with van der Waals surface area (Å²) in [4.78, 5) is 26.6. The fourth-order valence-corrected chi connectivity index (χ4v) is 10.5. The first kappa shape index (κ1) is 76.4. The van der Waals surface area contributed by atoms with Gasteiger partial charge < -0.3 is 45.1 Å². The lowest BCUT2D eigenvalue weighted by atomic mass is 9.99. The van der Waals surface area contributed by atoms with E-state index in [1.54, 1.807) is 6.08 Å². The zero-order valence-electron chi connectivity index (χ0n) is 52.4. The van der Waals surface area contributed by atoms with Gasteiger partial charge in [-0.2, -0.15) is 0 Å². The maximum atomic E-state index is 13.5. The number of aliphatic hydroxyl groups excluding tert-OH is 5. The summed E-state index contributed by atoms with van der Waals surface area (Å²) in [5.74, 6) is -1.19. The number of ether oxygens (including phenoxy) is 3. The van der Waals surface area contributed by atoms with E-state index < -0.39 is 67.4 Å². The molecule has 11 heteroatoms. The quantitative estimate of drug-likeness (QED) is 0.0195. The van der Waals surface area contributed by atoms with Gasteiger partial charge in [-0.3, -0.25) is 9.59 Å². The third-order valence-corrected chi connectivity index (χ3v) is 15.9. The highest BCUT2D eigenvalue weighted by molar-refractivity contribution is 5.80. The number of aliphatic hydroxyl groups is 5. The van der Waals surface area contributed by atoms with Crippen LogP contribution in [0.5, 0.6) is 0 Å². The van der Waals surface area contributed by atoms with E-state index in [9.17, 15) is 35.1 Å². The number of unbranched alkanes of at least 4 members (excludes halogenated alkanes) is 36. The molecule has 1 aliphatic heterocycles. The van der Waals surface area contributed by atoms with Crippen molar-refractivity contribution >= 4 is 11.9 Å². The third kappa shape index (κ3) is 45.4. The Morgan fingerprint density at radius 3 is 1.32 bits per heavy atom. The Morgan fingerprint density at radius 2 is 0.852 bits per heavy atom. The van der Waals surface area contributed by atoms with Crippen LogP contribution in [0, 0.1) is 0 Å². The molecule has 1 fully saturated rings. The first-order valence-electron chi connectivity index (χ1n) is 34.1. The molecule has 0 saturated carbocycles. The van der Waals surface area contributed by atoms with Gasteiger partial charge in [-0.05, 0) is 89.9 Å². The van der Waals surface area contributed by atoms with Gasteiger partial charge in [0.1, 0.15) is 24.4 Å². The molecule has 0 aromatic carbocycles. The molecule has 1 saturated heterocycles. The van der Waals surface area contributed by atoms with E-state index in [4.69, 9.17) is 14.2 Å². The van der Waals surface area contributed by atoms with E-state index in [-0.39, 0.29) is 19.4 Å². The smallest absolute Gasteiger partial charge is 0.306 e. The number of nitrogens with one attached hydrogen (secondary N) is 1. The summed E-state index contributed by atoms with van der Waals surface area (Å²) in [5, 5.41) is 57.1. The molecule has 0 aromatic rings. The molecular formula is C70H127NO10. The van der Waals surface area contributed by atoms with Crippen molar-refractivity contribution in [3.05, 3.63) is 60.8 Å². The van der Waals surface area contributed by atoms with Gasteiger partial charge in [0.2, 0.25) is 5.91 Å². The van der Waals surface area contributed by atoms with Crippen LogP contribution in [0.4, 0.5) is 0 Å². The third-order valence-electron chi connectivity index (χ3n) is 15.9. The van der Waals surface area contributed by atoms with Crippen molar-refractivity contribution in [3.63, 3.8) is 0 Å². The molecule has 0 aliphatic carbocycles. The Hall–Kier alpha value is -2.64.